The number of carbonyl (C=O) groups is 3. The second-order valence-corrected chi connectivity index (χ2v) is 26.6. The van der Waals surface area contributed by atoms with Gasteiger partial charge >= 0.3 is 23.5 Å². The zero-order chi connectivity index (χ0) is 67.9. The number of nitrogens with two attached hydrogens (primary N) is 1. The van der Waals surface area contributed by atoms with Crippen molar-refractivity contribution in [3.05, 3.63) is 110 Å². The number of anilines is 2. The average molecular weight is 1380 g/mol. The summed E-state index contributed by atoms with van der Waals surface area (Å²) in [6.07, 6.45) is 6.18. The Balaban J connectivity index is 0.670. The summed E-state index contributed by atoms with van der Waals surface area (Å²) in [4.78, 5) is 92.4. The first kappa shape index (κ1) is 71.1. The van der Waals surface area contributed by atoms with E-state index in [2.05, 4.69) is 90.5 Å². The lowest BCUT2D eigenvalue weighted by Crippen LogP contribution is -2.35. The van der Waals surface area contributed by atoms with E-state index in [0.717, 1.165) is 97.8 Å². The third-order valence-electron chi connectivity index (χ3n) is 15.7. The lowest BCUT2D eigenvalue weighted by molar-refractivity contribution is -0.634. The number of rotatable bonds is 34. The average Bonchev–Trinajstić information content (AvgIpc) is 0.849. The number of aryl methyl sites for hydroxylation is 2. The molecule has 6 atom stereocenters. The molecule has 3 aliphatic heterocycles. The van der Waals surface area contributed by atoms with Crippen LogP contribution in [0.15, 0.2) is 77.3 Å². The summed E-state index contributed by atoms with van der Waals surface area (Å²) in [6, 6.07) is 17.2. The second kappa shape index (κ2) is 32.5. The van der Waals surface area contributed by atoms with Crippen molar-refractivity contribution in [1.29, 1.82) is 0 Å². The molecule has 1 saturated heterocycles. The fraction of sp³-hybridized carbons (Fsp3) is 0.458. The number of carbonyl (C=O) groups excluding carboxylic acids is 3. The minimum absolute atomic E-state index is 0.00264. The van der Waals surface area contributed by atoms with E-state index in [9.17, 15) is 43.4 Å². The van der Waals surface area contributed by atoms with Crippen LogP contribution in [0.4, 0.5) is 11.5 Å². The predicted molar refractivity (Wildman–Crippen MR) is 339 cm³/mol. The number of aromatic nitrogens is 4. The van der Waals surface area contributed by atoms with E-state index < -0.39 is 74.0 Å². The van der Waals surface area contributed by atoms with Crippen molar-refractivity contribution in [2.45, 2.75) is 108 Å². The number of hydrogen-bond acceptors (Lipinski definition) is 22. The van der Waals surface area contributed by atoms with Crippen LogP contribution in [-0.2, 0) is 70.7 Å². The van der Waals surface area contributed by atoms with Crippen LogP contribution in [0.1, 0.15) is 104 Å². The summed E-state index contributed by atoms with van der Waals surface area (Å²) < 4.78 is 91.9. The smallest absolute Gasteiger partial charge is 0.490 e. The van der Waals surface area contributed by atoms with Crippen molar-refractivity contribution in [3.8, 4) is 46.1 Å². The Morgan fingerprint density at radius 1 is 0.926 bits per heavy atom. The first-order valence-corrected chi connectivity index (χ1v) is 34.6. The monoisotopic (exact) mass is 1370 g/mol. The summed E-state index contributed by atoms with van der Waals surface area (Å²) in [5, 5.41) is 10.7. The fourth-order valence-electron chi connectivity index (χ4n) is 11.5. The molecule has 36 heteroatoms. The molecular formula is C59H71N13O20P3+. The largest absolute Gasteiger partial charge is 0.493 e. The van der Waals surface area contributed by atoms with Crippen LogP contribution in [0.3, 0.4) is 0 Å². The summed E-state index contributed by atoms with van der Waals surface area (Å²) >= 11 is 0. The van der Waals surface area contributed by atoms with Crippen molar-refractivity contribution in [3.63, 3.8) is 0 Å². The van der Waals surface area contributed by atoms with Gasteiger partial charge < -0.3 is 73.2 Å². The molecule has 1 amide bonds. The van der Waals surface area contributed by atoms with Crippen LogP contribution >= 0.6 is 23.5 Å². The van der Waals surface area contributed by atoms with Crippen LogP contribution < -0.4 is 39.5 Å². The second-order valence-electron chi connectivity index (χ2n) is 22.1. The molecule has 6 aromatic rings. The molecule has 7 N–H and O–H groups in total. The Morgan fingerprint density at radius 2 is 1.69 bits per heavy atom. The van der Waals surface area contributed by atoms with Crippen LogP contribution in [0.5, 0.6) is 23.0 Å². The Morgan fingerprint density at radius 3 is 2.46 bits per heavy atom. The number of azide groups is 2. The molecular weight excluding hydrogens is 1300 g/mol. The molecule has 6 heterocycles. The quantitative estimate of drug-likeness (QED) is 0.00321. The highest BCUT2D eigenvalue weighted by Crippen LogP contribution is 2.66. The van der Waals surface area contributed by atoms with Gasteiger partial charge in [-0.1, -0.05) is 53.5 Å². The zero-order valence-corrected chi connectivity index (χ0v) is 54.6. The number of nitrogens with one attached hydrogen (secondary N) is 1. The normalized spacial score (nSPS) is 17.3. The molecule has 506 valence electrons. The molecule has 0 aliphatic carbocycles. The summed E-state index contributed by atoms with van der Waals surface area (Å²) in [7, 11) is -11.7. The van der Waals surface area contributed by atoms with Crippen LogP contribution in [0, 0.1) is 11.8 Å². The van der Waals surface area contributed by atoms with E-state index in [-0.39, 0.29) is 53.6 Å². The number of nitrogens with zero attached hydrogens (tertiary/aromatic N) is 11. The van der Waals surface area contributed by atoms with E-state index in [1.807, 2.05) is 12.1 Å². The van der Waals surface area contributed by atoms with E-state index in [1.54, 1.807) is 38.5 Å². The maximum Gasteiger partial charge on any atom is 0.490 e. The Bertz CT molecular complexity index is 4150. The first-order chi connectivity index (χ1) is 45.6. The number of pyridine rings is 1. The minimum Gasteiger partial charge on any atom is -0.493 e. The molecule has 0 saturated carbocycles. The van der Waals surface area contributed by atoms with Crippen LogP contribution in [0.25, 0.3) is 54.1 Å². The minimum atomic E-state index is -5.83. The van der Waals surface area contributed by atoms with E-state index in [1.165, 1.54) is 22.0 Å². The maximum absolute atomic E-state index is 13.2. The number of benzene rings is 3. The number of phosphoric ester groups is 1. The number of nitrogen functional groups attached to an aromatic ring is 1. The van der Waals surface area contributed by atoms with Crippen molar-refractivity contribution in [2.75, 3.05) is 71.0 Å². The van der Waals surface area contributed by atoms with E-state index in [4.69, 9.17) is 58.7 Å². The van der Waals surface area contributed by atoms with Gasteiger partial charge in [0, 0.05) is 72.1 Å². The number of methoxy groups -OCH3 is 2. The van der Waals surface area contributed by atoms with Gasteiger partial charge in [-0.05, 0) is 79.1 Å². The lowest BCUT2D eigenvalue weighted by Gasteiger charge is -2.33. The van der Waals surface area contributed by atoms with Crippen molar-refractivity contribution < 1.29 is 98.5 Å². The van der Waals surface area contributed by atoms with Gasteiger partial charge in [-0.2, -0.15) is 13.2 Å². The number of fused-ring (bicyclic) bond motifs is 6. The fourth-order valence-corrected chi connectivity index (χ4v) is 14.5. The molecule has 3 aromatic heterocycles. The molecule has 33 nitrogen and oxygen atoms in total. The molecule has 0 spiro atoms. The Hall–Kier alpha value is -8.23. The Kier molecular flexibility index (Phi) is 24.3. The standard InChI is InChI=1S/C59H70N13O20P3/c1-70-45-27-50(84-3)49(83-2)26-40(45)23-41-31-86-48-28-46-37(25-44(48)57(41)70)15-11-21-71(46)22-12-17-42(73)16-7-5-4-6-8-19-47(74)38-13-9-18-43(24-38)85-34-54(67-69-62)87-33-53(75)63-20-10-14-39-30-72(59-56(39)58(60)64-35-65-59)55-29-51(88-36-66-68-61)52(90-55)32-89-94(79,80)92-95(81,82)91-93(76,77)78/h9,13,18,23-28,30,35,51-52,54-55H,4-8,11-12,15-17,19-22,29,31-34,36H2,1-3H3,(H6-,60,63,64,65,75,76,77,78,79,80,81,82)/p+1/t51?,52-,54?,55-/m1/s1. The topological polar surface area (TPSA) is 449 Å². The lowest BCUT2D eigenvalue weighted by atomic mass is 9.93. The number of hydrogen-bond donors (Lipinski definition) is 6. The van der Waals surface area contributed by atoms with Gasteiger partial charge in [0.05, 0.1) is 67.0 Å². The number of unbranched alkanes of at least 4 members (excludes halogenated alkanes) is 4. The first-order valence-electron chi connectivity index (χ1n) is 30.1. The van der Waals surface area contributed by atoms with Gasteiger partial charge in [0.15, 0.2) is 23.5 Å². The van der Waals surface area contributed by atoms with Gasteiger partial charge in [0.2, 0.25) is 17.1 Å². The molecule has 3 aromatic carbocycles. The van der Waals surface area contributed by atoms with E-state index in [0.29, 0.717) is 55.1 Å². The molecule has 4 unspecified atom stereocenters. The number of amides is 1. The summed E-state index contributed by atoms with van der Waals surface area (Å²) in [6.45, 7) is -0.337. The number of Topliss-reactive ketones (excluding diaryl/α,β-unsaturated/α-hetero) is 2. The molecule has 95 heavy (non-hydrogen) atoms. The molecule has 9 rings (SSSR count). The maximum atomic E-state index is 13.2. The zero-order valence-electron chi connectivity index (χ0n) is 52.0. The van der Waals surface area contributed by atoms with Crippen molar-refractivity contribution in [1.82, 2.24) is 19.9 Å². The molecule has 0 radical (unpaired) electrons. The van der Waals surface area contributed by atoms with Crippen LogP contribution in [0.2, 0.25) is 0 Å². The molecule has 0 bridgehead atoms. The summed E-state index contributed by atoms with van der Waals surface area (Å²) in [5.41, 5.74) is 31.9. The highest BCUT2D eigenvalue weighted by atomic mass is 31.3. The van der Waals surface area contributed by atoms with Gasteiger partial charge in [0.1, 0.15) is 81.0 Å². The van der Waals surface area contributed by atoms with Gasteiger partial charge in [-0.3, -0.25) is 18.9 Å². The number of phosphoric acid groups is 3. The highest BCUT2D eigenvalue weighted by molar-refractivity contribution is 7.66. The number of ether oxygens (including phenoxy) is 7. The summed E-state index contributed by atoms with van der Waals surface area (Å²) in [5.74, 6) is 7.72. The SMILES string of the molecule is COc1cc2cc3c([n+](C)c2cc1OC)-c1cc2c(cc1OC3)N(CCCC(=O)CCCCCCCC(=O)c1cccc(OCC(N=[N+]=[N-])OCC(=O)NCC#Cc3cn([C@H]4CC(OCN=[N+]=[N-])[C@@H](COP(=O)(O)OP(=O)(O)OP(=O)(O)O)O4)c4ncnc(N)c34)c1)CCC2. The van der Waals surface area contributed by atoms with Gasteiger partial charge in [0.25, 0.3) is 0 Å². The van der Waals surface area contributed by atoms with Crippen molar-refractivity contribution >= 4 is 74.4 Å². The van der Waals surface area contributed by atoms with Gasteiger partial charge in [-0.15, -0.1) is 0 Å². The Labute approximate surface area is 543 Å². The predicted octanol–water partition coefficient (Wildman–Crippen LogP) is 8.77. The molecule has 1 fully saturated rings. The van der Waals surface area contributed by atoms with Gasteiger partial charge in [-0.25, -0.2) is 23.7 Å². The van der Waals surface area contributed by atoms with Crippen molar-refractivity contribution in [2.24, 2.45) is 17.3 Å². The third-order valence-corrected chi connectivity index (χ3v) is 19.5. The van der Waals surface area contributed by atoms with E-state index >= 15 is 0 Å². The number of ketones is 2. The highest BCUT2D eigenvalue weighted by Gasteiger charge is 2.44. The third kappa shape index (κ3) is 19.0. The molecule has 3 aliphatic rings. The van der Waals surface area contributed by atoms with Crippen LogP contribution in [-0.4, -0.2) is 130 Å².